The van der Waals surface area contributed by atoms with Gasteiger partial charge in [0.15, 0.2) is 0 Å². The first-order chi connectivity index (χ1) is 17.4. The number of fused-ring (bicyclic) bond motifs is 1. The Kier molecular flexibility index (Phi) is 6.23. The van der Waals surface area contributed by atoms with Gasteiger partial charge in [0.25, 0.3) is 5.91 Å². The fraction of sp³-hybridized carbons (Fsp3) is 0.0800. The SMILES string of the molecule is C=NC(=O)c1ccc2c(c1)nc(Nc1ccc(S(=O)[O-])cc1)n2Cc1nn(-c2ccccc2)nc1C. The quantitative estimate of drug-likeness (QED) is 0.267. The van der Waals surface area contributed by atoms with E-state index in [0.717, 1.165) is 22.6 Å². The second-order valence-electron chi connectivity index (χ2n) is 7.93. The number of nitrogens with one attached hydrogen (secondary N) is 1. The standard InChI is InChI=1S/C25H21N7O3S/c1-16-22(30-32(29-16)19-6-4-3-5-7-19)15-31-23-13-8-17(24(33)26-2)14-21(23)28-25(31)27-18-9-11-20(12-10-18)36(34)35/h3-14H,2,15H2,1H3,(H,27,28)(H,34,35)/p-1. The summed E-state index contributed by atoms with van der Waals surface area (Å²) in [5, 5.41) is 12.5. The fourth-order valence-electron chi connectivity index (χ4n) is 3.77. The summed E-state index contributed by atoms with van der Waals surface area (Å²) in [4.78, 5) is 22.0. The zero-order valence-electron chi connectivity index (χ0n) is 19.2. The third-order valence-corrected chi connectivity index (χ3v) is 6.27. The molecule has 0 bridgehead atoms. The molecule has 3 aromatic carbocycles. The van der Waals surface area contributed by atoms with Gasteiger partial charge in [-0.25, -0.2) is 9.98 Å². The molecule has 0 aliphatic heterocycles. The van der Waals surface area contributed by atoms with Crippen molar-refractivity contribution in [2.75, 3.05) is 5.32 Å². The molecule has 0 fully saturated rings. The third-order valence-electron chi connectivity index (χ3n) is 5.61. The van der Waals surface area contributed by atoms with Gasteiger partial charge in [-0.05, 0) is 79.3 Å². The van der Waals surface area contributed by atoms with E-state index >= 15 is 0 Å². The highest BCUT2D eigenvalue weighted by Gasteiger charge is 2.17. The molecule has 1 N–H and O–H groups in total. The number of carbonyl (C=O) groups is 1. The second-order valence-corrected chi connectivity index (χ2v) is 8.87. The maximum Gasteiger partial charge on any atom is 0.276 e. The van der Waals surface area contributed by atoms with Crippen LogP contribution in [0, 0.1) is 6.92 Å². The molecule has 2 heterocycles. The topological polar surface area (TPSA) is 130 Å². The number of carbonyl (C=O) groups excluding carboxylic acids is 1. The van der Waals surface area contributed by atoms with Crippen molar-refractivity contribution in [2.45, 2.75) is 18.4 Å². The molecule has 0 radical (unpaired) electrons. The molecule has 1 unspecified atom stereocenters. The van der Waals surface area contributed by atoms with Gasteiger partial charge in [-0.1, -0.05) is 18.2 Å². The number of nitrogens with zero attached hydrogens (tertiary/aromatic N) is 6. The molecule has 10 nitrogen and oxygen atoms in total. The first-order valence-electron chi connectivity index (χ1n) is 10.9. The molecule has 11 heteroatoms. The summed E-state index contributed by atoms with van der Waals surface area (Å²) in [6, 6.07) is 21.1. The number of hydrogen-bond donors (Lipinski definition) is 1. The minimum absolute atomic E-state index is 0.183. The summed E-state index contributed by atoms with van der Waals surface area (Å²) in [6.45, 7) is 5.55. The lowest BCUT2D eigenvalue weighted by Crippen LogP contribution is -2.07. The Morgan fingerprint density at radius 3 is 2.53 bits per heavy atom. The zero-order chi connectivity index (χ0) is 25.2. The van der Waals surface area contributed by atoms with E-state index in [0.29, 0.717) is 29.3 Å². The van der Waals surface area contributed by atoms with Crippen LogP contribution in [-0.2, 0) is 17.6 Å². The Morgan fingerprint density at radius 2 is 1.83 bits per heavy atom. The van der Waals surface area contributed by atoms with Crippen molar-refractivity contribution in [3.05, 3.63) is 89.7 Å². The maximum absolute atomic E-state index is 12.0. The molecule has 180 valence electrons. The van der Waals surface area contributed by atoms with Crippen LogP contribution in [0.1, 0.15) is 21.7 Å². The highest BCUT2D eigenvalue weighted by Crippen LogP contribution is 2.26. The monoisotopic (exact) mass is 498 g/mol. The minimum Gasteiger partial charge on any atom is -0.768 e. The first kappa shape index (κ1) is 23.3. The van der Waals surface area contributed by atoms with E-state index in [1.165, 1.54) is 12.1 Å². The normalized spacial score (nSPS) is 11.9. The molecular formula is C25H20N7O3S-. The molecule has 0 saturated heterocycles. The lowest BCUT2D eigenvalue weighted by atomic mass is 10.2. The molecule has 0 aliphatic carbocycles. The second kappa shape index (κ2) is 9.64. The summed E-state index contributed by atoms with van der Waals surface area (Å²) in [5.41, 5.74) is 4.72. The van der Waals surface area contributed by atoms with Crippen LogP contribution in [0.25, 0.3) is 16.7 Å². The van der Waals surface area contributed by atoms with Crippen molar-refractivity contribution in [3.8, 4) is 5.69 Å². The van der Waals surface area contributed by atoms with Gasteiger partial charge in [0.2, 0.25) is 5.95 Å². The van der Waals surface area contributed by atoms with E-state index in [1.807, 2.05) is 41.8 Å². The van der Waals surface area contributed by atoms with Gasteiger partial charge in [0.05, 0.1) is 29.0 Å². The molecule has 2 aromatic heterocycles. The predicted octanol–water partition coefficient (Wildman–Crippen LogP) is 3.80. The van der Waals surface area contributed by atoms with Gasteiger partial charge in [-0.15, -0.1) is 0 Å². The van der Waals surface area contributed by atoms with Gasteiger partial charge < -0.3 is 14.4 Å². The molecule has 36 heavy (non-hydrogen) atoms. The largest absolute Gasteiger partial charge is 0.768 e. The van der Waals surface area contributed by atoms with Crippen LogP contribution >= 0.6 is 0 Å². The zero-order valence-corrected chi connectivity index (χ0v) is 20.0. The fourth-order valence-corrected chi connectivity index (χ4v) is 4.13. The molecule has 0 spiro atoms. The van der Waals surface area contributed by atoms with Gasteiger partial charge in [-0.2, -0.15) is 15.0 Å². The molecule has 1 atom stereocenters. The van der Waals surface area contributed by atoms with Crippen LogP contribution in [0.3, 0.4) is 0 Å². The molecule has 5 rings (SSSR count). The van der Waals surface area contributed by atoms with Crippen LogP contribution in [-0.4, -0.2) is 45.9 Å². The number of para-hydroxylation sites is 1. The summed E-state index contributed by atoms with van der Waals surface area (Å²) < 4.78 is 24.3. The lowest BCUT2D eigenvalue weighted by Gasteiger charge is -2.11. The van der Waals surface area contributed by atoms with E-state index in [9.17, 15) is 13.6 Å². The van der Waals surface area contributed by atoms with Gasteiger partial charge in [0.1, 0.15) is 5.69 Å². The van der Waals surface area contributed by atoms with Crippen molar-refractivity contribution < 1.29 is 13.6 Å². The number of imidazole rings is 1. The number of hydrogen-bond acceptors (Lipinski definition) is 7. The van der Waals surface area contributed by atoms with Crippen molar-refractivity contribution in [1.29, 1.82) is 0 Å². The van der Waals surface area contributed by atoms with Crippen molar-refractivity contribution >= 4 is 46.4 Å². The molecule has 0 aliphatic rings. The van der Waals surface area contributed by atoms with E-state index in [4.69, 9.17) is 4.98 Å². The summed E-state index contributed by atoms with van der Waals surface area (Å²) in [6.07, 6.45) is 0. The molecule has 5 aromatic rings. The minimum atomic E-state index is -2.31. The number of aryl methyl sites for hydroxylation is 1. The van der Waals surface area contributed by atoms with Gasteiger partial charge >= 0.3 is 0 Å². The van der Waals surface area contributed by atoms with E-state index in [2.05, 4.69) is 27.2 Å². The summed E-state index contributed by atoms with van der Waals surface area (Å²) in [7, 11) is 0. The number of anilines is 2. The van der Waals surface area contributed by atoms with E-state index in [-0.39, 0.29) is 4.90 Å². The van der Waals surface area contributed by atoms with Gasteiger partial charge in [-0.3, -0.25) is 9.00 Å². The summed E-state index contributed by atoms with van der Waals surface area (Å²) >= 11 is -2.31. The van der Waals surface area contributed by atoms with Crippen molar-refractivity contribution in [1.82, 2.24) is 24.5 Å². The molecule has 0 saturated carbocycles. The maximum atomic E-state index is 12.0. The van der Waals surface area contributed by atoms with Crippen LogP contribution in [0.4, 0.5) is 11.6 Å². The Morgan fingerprint density at radius 1 is 1.08 bits per heavy atom. The van der Waals surface area contributed by atoms with Crippen molar-refractivity contribution in [2.24, 2.45) is 4.99 Å². The van der Waals surface area contributed by atoms with Crippen LogP contribution in [0.2, 0.25) is 0 Å². The van der Waals surface area contributed by atoms with Gasteiger partial charge in [0, 0.05) is 16.1 Å². The first-order valence-corrected chi connectivity index (χ1v) is 12.0. The number of aromatic nitrogens is 5. The molecular weight excluding hydrogens is 478 g/mol. The highest BCUT2D eigenvalue weighted by atomic mass is 32.2. The summed E-state index contributed by atoms with van der Waals surface area (Å²) in [5.74, 6) is 0.0506. The molecule has 1 amide bonds. The van der Waals surface area contributed by atoms with E-state index < -0.39 is 17.0 Å². The van der Waals surface area contributed by atoms with Crippen LogP contribution < -0.4 is 5.32 Å². The lowest BCUT2D eigenvalue weighted by molar-refractivity contribution is 0.100. The Bertz CT molecular complexity index is 1610. The highest BCUT2D eigenvalue weighted by molar-refractivity contribution is 7.79. The number of aliphatic imine (C=N–C) groups is 1. The van der Waals surface area contributed by atoms with E-state index in [1.54, 1.807) is 35.1 Å². The predicted molar refractivity (Wildman–Crippen MR) is 136 cm³/mol. The average molecular weight is 499 g/mol. The number of amides is 1. The Hall–Kier alpha value is -4.48. The Balaban J connectivity index is 1.56. The third kappa shape index (κ3) is 4.57. The average Bonchev–Trinajstić information content (AvgIpc) is 3.43. The van der Waals surface area contributed by atoms with Crippen molar-refractivity contribution in [3.63, 3.8) is 0 Å². The number of benzene rings is 3. The Labute approximate surface area is 208 Å². The van der Waals surface area contributed by atoms with Crippen LogP contribution in [0.15, 0.2) is 82.7 Å². The number of rotatable bonds is 7. The van der Waals surface area contributed by atoms with Crippen LogP contribution in [0.5, 0.6) is 0 Å². The smallest absolute Gasteiger partial charge is 0.276 e.